The fourth-order valence-corrected chi connectivity index (χ4v) is 2.85. The van der Waals surface area contributed by atoms with Crippen LogP contribution in [0.3, 0.4) is 0 Å². The molecule has 5 nitrogen and oxygen atoms in total. The van der Waals surface area contributed by atoms with E-state index in [-0.39, 0.29) is 0 Å². The second-order valence-electron chi connectivity index (χ2n) is 4.98. The molecule has 1 aliphatic rings. The molecule has 0 aromatic carbocycles. The smallest absolute Gasteiger partial charge is 0.259 e. The first kappa shape index (κ1) is 12.7. The molecule has 0 amide bonds. The molecule has 0 unspecified atom stereocenters. The summed E-state index contributed by atoms with van der Waals surface area (Å²) in [6.07, 6.45) is 4.53. The molecule has 1 fully saturated rings. The van der Waals surface area contributed by atoms with E-state index in [1.165, 1.54) is 12.8 Å². The number of nitrogens with one attached hydrogen (secondary N) is 1. The van der Waals surface area contributed by atoms with Gasteiger partial charge in [0.25, 0.3) is 5.89 Å². The molecule has 19 heavy (non-hydrogen) atoms. The number of rotatable bonds is 6. The van der Waals surface area contributed by atoms with E-state index < -0.39 is 0 Å². The van der Waals surface area contributed by atoms with Crippen LogP contribution in [0.4, 0.5) is 0 Å². The van der Waals surface area contributed by atoms with Crippen molar-refractivity contribution in [2.75, 3.05) is 6.54 Å². The molecule has 1 N–H and O–H groups in total. The molecule has 2 aromatic rings. The van der Waals surface area contributed by atoms with E-state index in [9.17, 15) is 0 Å². The Balaban J connectivity index is 1.57. The highest BCUT2D eigenvalue weighted by Gasteiger charge is 2.19. The van der Waals surface area contributed by atoms with Crippen molar-refractivity contribution >= 4 is 11.3 Å². The highest BCUT2D eigenvalue weighted by Crippen LogP contribution is 2.28. The first-order valence-corrected chi connectivity index (χ1v) is 7.54. The third-order valence-electron chi connectivity index (χ3n) is 3.14. The molecule has 2 aromatic heterocycles. The highest BCUT2D eigenvalue weighted by atomic mass is 32.1. The van der Waals surface area contributed by atoms with Crippen molar-refractivity contribution in [3.63, 3.8) is 0 Å². The average molecular weight is 278 g/mol. The average Bonchev–Trinajstić information content (AvgIpc) is 2.98. The summed E-state index contributed by atoms with van der Waals surface area (Å²) in [6.45, 7) is 4.99. The zero-order valence-electron chi connectivity index (χ0n) is 11.3. The normalized spacial score (nSPS) is 15.1. The van der Waals surface area contributed by atoms with Crippen LogP contribution in [0.1, 0.15) is 35.9 Å². The van der Waals surface area contributed by atoms with Gasteiger partial charge in [-0.25, -0.2) is 4.98 Å². The fraction of sp³-hybridized carbons (Fsp3) is 0.615. The summed E-state index contributed by atoms with van der Waals surface area (Å²) in [6, 6.07) is 0.765. The van der Waals surface area contributed by atoms with Gasteiger partial charge in [-0.1, -0.05) is 0 Å². The van der Waals surface area contributed by atoms with Crippen molar-refractivity contribution in [1.82, 2.24) is 20.5 Å². The Hall–Kier alpha value is -1.27. The molecular formula is C13H18N4OS. The van der Waals surface area contributed by atoms with Gasteiger partial charge in [-0.3, -0.25) is 0 Å². The number of aryl methyl sites for hydroxylation is 3. The van der Waals surface area contributed by atoms with Crippen LogP contribution in [0.15, 0.2) is 4.42 Å². The van der Waals surface area contributed by atoms with Crippen LogP contribution in [0.25, 0.3) is 10.8 Å². The summed E-state index contributed by atoms with van der Waals surface area (Å²) in [5, 5.41) is 12.7. The van der Waals surface area contributed by atoms with Crippen LogP contribution < -0.4 is 5.32 Å². The van der Waals surface area contributed by atoms with Gasteiger partial charge in [0, 0.05) is 12.5 Å². The van der Waals surface area contributed by atoms with Gasteiger partial charge in [0.1, 0.15) is 4.88 Å². The van der Waals surface area contributed by atoms with Crippen LogP contribution in [0.2, 0.25) is 0 Å². The number of aromatic nitrogens is 3. The maximum atomic E-state index is 5.71. The molecule has 102 valence electrons. The Morgan fingerprint density at radius 1 is 1.32 bits per heavy atom. The minimum atomic E-state index is 0.605. The van der Waals surface area contributed by atoms with Crippen LogP contribution >= 0.6 is 11.3 Å². The van der Waals surface area contributed by atoms with Crippen molar-refractivity contribution in [2.24, 2.45) is 0 Å². The van der Waals surface area contributed by atoms with Crippen molar-refractivity contribution in [2.45, 2.75) is 45.6 Å². The summed E-state index contributed by atoms with van der Waals surface area (Å²) in [4.78, 5) is 5.37. The summed E-state index contributed by atoms with van der Waals surface area (Å²) < 4.78 is 5.71. The molecule has 2 heterocycles. The van der Waals surface area contributed by atoms with E-state index in [1.54, 1.807) is 11.3 Å². The SMILES string of the molecule is Cc1nc(C)c(-c2nnc(CCCNC3CC3)o2)s1. The van der Waals surface area contributed by atoms with E-state index in [0.29, 0.717) is 5.89 Å². The van der Waals surface area contributed by atoms with Gasteiger partial charge in [-0.2, -0.15) is 0 Å². The molecule has 0 spiro atoms. The van der Waals surface area contributed by atoms with Crippen molar-refractivity contribution < 1.29 is 4.42 Å². The van der Waals surface area contributed by atoms with Gasteiger partial charge in [-0.05, 0) is 39.7 Å². The first-order chi connectivity index (χ1) is 9.22. The standard InChI is InChI=1S/C13H18N4OS/c1-8-12(19-9(2)15-8)13-17-16-11(18-13)4-3-7-14-10-5-6-10/h10,14H,3-7H2,1-2H3. The molecule has 1 saturated carbocycles. The number of hydrogen-bond acceptors (Lipinski definition) is 6. The molecular weight excluding hydrogens is 260 g/mol. The molecule has 0 saturated heterocycles. The Kier molecular flexibility index (Phi) is 3.61. The Labute approximate surface area is 116 Å². The molecule has 0 aliphatic heterocycles. The monoisotopic (exact) mass is 278 g/mol. The summed E-state index contributed by atoms with van der Waals surface area (Å²) in [5.41, 5.74) is 0.966. The summed E-state index contributed by atoms with van der Waals surface area (Å²) >= 11 is 1.60. The molecule has 0 atom stereocenters. The van der Waals surface area contributed by atoms with Crippen molar-refractivity contribution in [1.29, 1.82) is 0 Å². The highest BCUT2D eigenvalue weighted by molar-refractivity contribution is 7.15. The molecule has 6 heteroatoms. The minimum Gasteiger partial charge on any atom is -0.420 e. The topological polar surface area (TPSA) is 63.8 Å². The first-order valence-electron chi connectivity index (χ1n) is 6.72. The van der Waals surface area contributed by atoms with Gasteiger partial charge in [-0.15, -0.1) is 21.5 Å². The number of thiazole rings is 1. The van der Waals surface area contributed by atoms with Gasteiger partial charge < -0.3 is 9.73 Å². The maximum Gasteiger partial charge on any atom is 0.259 e. The fourth-order valence-electron chi connectivity index (χ4n) is 2.01. The third kappa shape index (κ3) is 3.19. The van der Waals surface area contributed by atoms with E-state index >= 15 is 0 Å². The zero-order valence-corrected chi connectivity index (χ0v) is 12.1. The van der Waals surface area contributed by atoms with E-state index in [4.69, 9.17) is 4.42 Å². The lowest BCUT2D eigenvalue weighted by Gasteiger charge is -1.99. The van der Waals surface area contributed by atoms with E-state index in [2.05, 4.69) is 20.5 Å². The minimum absolute atomic E-state index is 0.605. The lowest BCUT2D eigenvalue weighted by atomic mass is 10.3. The Bertz CT molecular complexity index is 559. The van der Waals surface area contributed by atoms with Gasteiger partial charge in [0.2, 0.25) is 5.89 Å². The number of nitrogens with zero attached hydrogens (tertiary/aromatic N) is 3. The molecule has 3 rings (SSSR count). The summed E-state index contributed by atoms with van der Waals surface area (Å²) in [7, 11) is 0. The predicted molar refractivity (Wildman–Crippen MR) is 74.2 cm³/mol. The van der Waals surface area contributed by atoms with Crippen LogP contribution in [-0.2, 0) is 6.42 Å². The summed E-state index contributed by atoms with van der Waals surface area (Å²) in [5.74, 6) is 1.33. The molecule has 0 radical (unpaired) electrons. The van der Waals surface area contributed by atoms with Gasteiger partial charge in [0.05, 0.1) is 10.7 Å². The predicted octanol–water partition coefficient (Wildman–Crippen LogP) is 2.49. The quantitative estimate of drug-likeness (QED) is 0.822. The van der Waals surface area contributed by atoms with E-state index in [1.807, 2.05) is 13.8 Å². The van der Waals surface area contributed by atoms with Gasteiger partial charge >= 0.3 is 0 Å². The molecule has 1 aliphatic carbocycles. The Morgan fingerprint density at radius 3 is 2.84 bits per heavy atom. The Morgan fingerprint density at radius 2 is 2.16 bits per heavy atom. The van der Waals surface area contributed by atoms with Crippen molar-refractivity contribution in [3.05, 3.63) is 16.6 Å². The molecule has 0 bridgehead atoms. The van der Waals surface area contributed by atoms with Crippen LogP contribution in [0, 0.1) is 13.8 Å². The zero-order chi connectivity index (χ0) is 13.2. The number of hydrogen-bond donors (Lipinski definition) is 1. The maximum absolute atomic E-state index is 5.71. The lowest BCUT2D eigenvalue weighted by molar-refractivity contribution is 0.491. The van der Waals surface area contributed by atoms with Crippen LogP contribution in [-0.4, -0.2) is 27.8 Å². The van der Waals surface area contributed by atoms with E-state index in [0.717, 1.165) is 46.9 Å². The van der Waals surface area contributed by atoms with Crippen LogP contribution in [0.5, 0.6) is 0 Å². The lowest BCUT2D eigenvalue weighted by Crippen LogP contribution is -2.17. The van der Waals surface area contributed by atoms with Gasteiger partial charge in [0.15, 0.2) is 0 Å². The van der Waals surface area contributed by atoms with Crippen molar-refractivity contribution in [3.8, 4) is 10.8 Å². The second kappa shape index (κ2) is 5.38. The second-order valence-corrected chi connectivity index (χ2v) is 6.18. The largest absolute Gasteiger partial charge is 0.420 e. The third-order valence-corrected chi connectivity index (χ3v) is 4.20.